The number of fused-ring (bicyclic) bond motifs is 1. The van der Waals surface area contributed by atoms with Crippen LogP contribution >= 0.6 is 0 Å². The first-order valence-corrected chi connectivity index (χ1v) is 8.89. The van der Waals surface area contributed by atoms with Gasteiger partial charge >= 0.3 is 0 Å². The van der Waals surface area contributed by atoms with Gasteiger partial charge in [-0.2, -0.15) is 5.10 Å². The summed E-state index contributed by atoms with van der Waals surface area (Å²) in [7, 11) is 1.66. The number of carbonyl (C=O) groups excluding carboxylic acids is 1. The van der Waals surface area contributed by atoms with Gasteiger partial charge in [0.1, 0.15) is 11.9 Å². The first-order valence-electron chi connectivity index (χ1n) is 8.89. The molecular weight excluding hydrogens is 318 g/mol. The van der Waals surface area contributed by atoms with E-state index in [1.165, 1.54) is 5.69 Å². The van der Waals surface area contributed by atoms with Gasteiger partial charge in [-0.1, -0.05) is 0 Å². The third-order valence-electron chi connectivity index (χ3n) is 5.04. The van der Waals surface area contributed by atoms with Gasteiger partial charge in [-0.15, -0.1) is 0 Å². The zero-order chi connectivity index (χ0) is 17.2. The molecular formula is C19H23N3O3. The minimum atomic E-state index is -0.290. The Kier molecular flexibility index (Phi) is 4.44. The summed E-state index contributed by atoms with van der Waals surface area (Å²) in [4.78, 5) is 12.4. The molecule has 1 aliphatic carbocycles. The van der Waals surface area contributed by atoms with E-state index in [2.05, 4.69) is 10.4 Å². The van der Waals surface area contributed by atoms with Crippen molar-refractivity contribution in [2.45, 2.75) is 44.2 Å². The molecule has 0 unspecified atom stereocenters. The molecule has 6 heteroatoms. The molecule has 1 aliphatic heterocycles. The molecule has 2 aromatic rings. The summed E-state index contributed by atoms with van der Waals surface area (Å²) in [6.45, 7) is 0.684. The van der Waals surface area contributed by atoms with Crippen LogP contribution in [0.15, 0.2) is 30.5 Å². The minimum absolute atomic E-state index is 0.00699. The predicted molar refractivity (Wildman–Crippen MR) is 92.9 cm³/mol. The van der Waals surface area contributed by atoms with Crippen molar-refractivity contribution in [2.24, 2.45) is 0 Å². The summed E-state index contributed by atoms with van der Waals surface area (Å²) < 4.78 is 12.7. The van der Waals surface area contributed by atoms with Gasteiger partial charge in [0.05, 0.1) is 25.0 Å². The molecule has 0 bridgehead atoms. The lowest BCUT2D eigenvalue weighted by Gasteiger charge is -2.25. The van der Waals surface area contributed by atoms with Crippen LogP contribution in [0.5, 0.6) is 5.75 Å². The summed E-state index contributed by atoms with van der Waals surface area (Å²) in [5.74, 6) is 0.832. The van der Waals surface area contributed by atoms with Crippen molar-refractivity contribution in [3.05, 3.63) is 41.7 Å². The maximum atomic E-state index is 12.4. The van der Waals surface area contributed by atoms with Gasteiger partial charge in [0.15, 0.2) is 0 Å². The van der Waals surface area contributed by atoms with Crippen LogP contribution in [0.25, 0.3) is 5.69 Å². The van der Waals surface area contributed by atoms with Crippen molar-refractivity contribution in [3.8, 4) is 11.4 Å². The Morgan fingerprint density at radius 3 is 2.84 bits per heavy atom. The molecule has 1 aromatic carbocycles. The maximum absolute atomic E-state index is 12.4. The minimum Gasteiger partial charge on any atom is -0.497 e. The number of nitrogens with zero attached hydrogens (tertiary/aromatic N) is 2. The topological polar surface area (TPSA) is 65.4 Å². The Morgan fingerprint density at radius 1 is 1.28 bits per heavy atom. The summed E-state index contributed by atoms with van der Waals surface area (Å²) >= 11 is 0. The average molecular weight is 341 g/mol. The van der Waals surface area contributed by atoms with Crippen LogP contribution < -0.4 is 10.1 Å². The van der Waals surface area contributed by atoms with E-state index in [0.29, 0.717) is 6.61 Å². The Hall–Kier alpha value is -2.34. The monoisotopic (exact) mass is 341 g/mol. The van der Waals surface area contributed by atoms with Crippen molar-refractivity contribution in [2.75, 3.05) is 13.7 Å². The van der Waals surface area contributed by atoms with Crippen molar-refractivity contribution < 1.29 is 14.3 Å². The van der Waals surface area contributed by atoms with E-state index in [-0.39, 0.29) is 18.1 Å². The maximum Gasteiger partial charge on any atom is 0.249 e. The highest BCUT2D eigenvalue weighted by Gasteiger charge is 2.30. The molecule has 2 aliphatic rings. The lowest BCUT2D eigenvalue weighted by molar-refractivity contribution is -0.130. The first-order chi connectivity index (χ1) is 12.3. The van der Waals surface area contributed by atoms with Crippen LogP contribution in [-0.2, 0) is 16.0 Å². The second kappa shape index (κ2) is 6.88. The van der Waals surface area contributed by atoms with Crippen molar-refractivity contribution >= 4 is 5.91 Å². The molecule has 1 amide bonds. The molecule has 4 rings (SSSR count). The van der Waals surface area contributed by atoms with E-state index in [1.807, 2.05) is 35.1 Å². The quantitative estimate of drug-likeness (QED) is 0.928. The Labute approximate surface area is 147 Å². The van der Waals surface area contributed by atoms with E-state index >= 15 is 0 Å². The Bertz CT molecular complexity index is 748. The van der Waals surface area contributed by atoms with Crippen LogP contribution in [0.3, 0.4) is 0 Å². The zero-order valence-electron chi connectivity index (χ0n) is 14.4. The SMILES string of the molecule is COc1ccc(-n2ncc3c2CCC[C@@H]3NC(=O)[C@@H]2CCCO2)cc1. The summed E-state index contributed by atoms with van der Waals surface area (Å²) in [5.41, 5.74) is 3.30. The molecule has 0 spiro atoms. The number of ether oxygens (including phenoxy) is 2. The molecule has 2 atom stereocenters. The van der Waals surface area contributed by atoms with Gasteiger partial charge in [-0.05, 0) is 56.4 Å². The molecule has 1 fully saturated rings. The number of hydrogen-bond donors (Lipinski definition) is 1. The average Bonchev–Trinajstić information content (AvgIpc) is 3.32. The summed E-state index contributed by atoms with van der Waals surface area (Å²) in [6.07, 6.45) is 6.32. The molecule has 25 heavy (non-hydrogen) atoms. The van der Waals surface area contributed by atoms with Crippen molar-refractivity contribution in [3.63, 3.8) is 0 Å². The molecule has 1 N–H and O–H groups in total. The highest BCUT2D eigenvalue weighted by atomic mass is 16.5. The fraction of sp³-hybridized carbons (Fsp3) is 0.474. The lowest BCUT2D eigenvalue weighted by Crippen LogP contribution is -2.38. The molecule has 132 valence electrons. The van der Waals surface area contributed by atoms with Crippen molar-refractivity contribution in [1.82, 2.24) is 15.1 Å². The van der Waals surface area contributed by atoms with Gasteiger partial charge in [0, 0.05) is 17.9 Å². The smallest absolute Gasteiger partial charge is 0.249 e. The normalized spacial score (nSPS) is 22.4. The van der Waals surface area contributed by atoms with Crippen LogP contribution in [-0.4, -0.2) is 35.5 Å². The zero-order valence-corrected chi connectivity index (χ0v) is 14.4. The van der Waals surface area contributed by atoms with Gasteiger partial charge in [0.25, 0.3) is 0 Å². The van der Waals surface area contributed by atoms with Crippen LogP contribution in [0.1, 0.15) is 43.0 Å². The largest absolute Gasteiger partial charge is 0.497 e. The van der Waals surface area contributed by atoms with Gasteiger partial charge in [-0.25, -0.2) is 4.68 Å². The number of aromatic nitrogens is 2. The highest BCUT2D eigenvalue weighted by molar-refractivity contribution is 5.81. The summed E-state index contributed by atoms with van der Waals surface area (Å²) in [5, 5.41) is 7.73. The number of methoxy groups -OCH3 is 1. The molecule has 2 heterocycles. The fourth-order valence-electron chi connectivity index (χ4n) is 3.70. The molecule has 1 saturated heterocycles. The molecule has 0 radical (unpaired) electrons. The van der Waals surface area contributed by atoms with Gasteiger partial charge in [-0.3, -0.25) is 4.79 Å². The number of rotatable bonds is 4. The van der Waals surface area contributed by atoms with Crippen LogP contribution in [0, 0.1) is 0 Å². The number of carbonyl (C=O) groups is 1. The Balaban J connectivity index is 1.56. The predicted octanol–water partition coefficient (Wildman–Crippen LogP) is 2.55. The number of hydrogen-bond acceptors (Lipinski definition) is 4. The van der Waals surface area contributed by atoms with Crippen molar-refractivity contribution in [1.29, 1.82) is 0 Å². The highest BCUT2D eigenvalue weighted by Crippen LogP contribution is 2.31. The third kappa shape index (κ3) is 3.14. The lowest BCUT2D eigenvalue weighted by atomic mass is 9.92. The fourth-order valence-corrected chi connectivity index (χ4v) is 3.70. The second-order valence-electron chi connectivity index (χ2n) is 6.61. The molecule has 0 saturated carbocycles. The molecule has 6 nitrogen and oxygen atoms in total. The first kappa shape index (κ1) is 16.1. The molecule has 1 aromatic heterocycles. The summed E-state index contributed by atoms with van der Waals surface area (Å²) in [6, 6.07) is 7.89. The number of benzene rings is 1. The van der Waals surface area contributed by atoms with Crippen LogP contribution in [0.4, 0.5) is 0 Å². The second-order valence-corrected chi connectivity index (χ2v) is 6.61. The number of nitrogens with one attached hydrogen (secondary N) is 1. The van der Waals surface area contributed by atoms with E-state index in [9.17, 15) is 4.79 Å². The van der Waals surface area contributed by atoms with E-state index in [4.69, 9.17) is 9.47 Å². The van der Waals surface area contributed by atoms with E-state index < -0.39 is 0 Å². The number of amides is 1. The third-order valence-corrected chi connectivity index (χ3v) is 5.04. The van der Waals surface area contributed by atoms with E-state index in [1.54, 1.807) is 7.11 Å². The standard InChI is InChI=1S/C19H23N3O3/c1-24-14-9-7-13(8-10-14)22-17-5-2-4-16(15(17)12-20-22)21-19(23)18-6-3-11-25-18/h7-10,12,16,18H,2-6,11H2,1H3,(H,21,23)/t16-,18-/m0/s1. The van der Waals surface area contributed by atoms with Gasteiger partial charge < -0.3 is 14.8 Å². The van der Waals surface area contributed by atoms with Gasteiger partial charge in [0.2, 0.25) is 5.91 Å². The van der Waals surface area contributed by atoms with E-state index in [0.717, 1.165) is 49.1 Å². The van der Waals surface area contributed by atoms with Crippen LogP contribution in [0.2, 0.25) is 0 Å². The Morgan fingerprint density at radius 2 is 2.12 bits per heavy atom.